The highest BCUT2D eigenvalue weighted by atomic mass is 32.2. The zero-order valence-electron chi connectivity index (χ0n) is 16.4. The molecule has 3 rings (SSSR count). The average Bonchev–Trinajstić information content (AvgIpc) is 3.14. The van der Waals surface area contributed by atoms with Crippen molar-refractivity contribution in [3.8, 4) is 5.69 Å². The molecule has 1 aliphatic heterocycles. The number of aromatic nitrogens is 4. The Morgan fingerprint density at radius 2 is 2.11 bits per heavy atom. The number of ether oxygens (including phenoxy) is 1. The Balaban J connectivity index is 1.69. The highest BCUT2D eigenvalue weighted by Crippen LogP contribution is 2.24. The van der Waals surface area contributed by atoms with Crippen LogP contribution in [-0.2, 0) is 14.3 Å². The number of carbonyl (C=O) groups excluding carboxylic acids is 2. The second-order valence-electron chi connectivity index (χ2n) is 6.80. The Morgan fingerprint density at radius 3 is 2.86 bits per heavy atom. The Bertz CT molecular complexity index is 854. The summed E-state index contributed by atoms with van der Waals surface area (Å²) in [6, 6.07) is 5.54. The molecule has 1 atom stereocenters. The van der Waals surface area contributed by atoms with Crippen molar-refractivity contribution in [3.05, 3.63) is 29.3 Å². The average molecular weight is 404 g/mol. The summed E-state index contributed by atoms with van der Waals surface area (Å²) in [6.07, 6.45) is 2.47. The lowest BCUT2D eigenvalue weighted by Gasteiger charge is -2.33. The van der Waals surface area contributed by atoms with E-state index in [0.717, 1.165) is 29.7 Å². The molecule has 1 saturated heterocycles. The number of carbonyl (C=O) groups is 2. The van der Waals surface area contributed by atoms with Crippen LogP contribution in [0.15, 0.2) is 23.4 Å². The van der Waals surface area contributed by atoms with Gasteiger partial charge >= 0.3 is 5.97 Å². The minimum absolute atomic E-state index is 0.0991. The zero-order chi connectivity index (χ0) is 20.1. The quantitative estimate of drug-likeness (QED) is 0.540. The van der Waals surface area contributed by atoms with Crippen LogP contribution < -0.4 is 0 Å². The smallest absolute Gasteiger partial charge is 0.328 e. The van der Waals surface area contributed by atoms with Gasteiger partial charge in [0.05, 0.1) is 18.0 Å². The normalized spacial score (nSPS) is 16.8. The Hall–Kier alpha value is -2.42. The maximum absolute atomic E-state index is 12.8. The van der Waals surface area contributed by atoms with Crippen molar-refractivity contribution in [2.45, 2.75) is 51.2 Å². The third-order valence-corrected chi connectivity index (χ3v) is 5.63. The van der Waals surface area contributed by atoms with E-state index in [1.807, 2.05) is 26.0 Å². The van der Waals surface area contributed by atoms with Gasteiger partial charge in [-0.1, -0.05) is 29.5 Å². The summed E-state index contributed by atoms with van der Waals surface area (Å²) in [6.45, 7) is 6.70. The third-order valence-electron chi connectivity index (χ3n) is 4.73. The number of hydrogen-bond acceptors (Lipinski definition) is 7. The van der Waals surface area contributed by atoms with Crippen LogP contribution in [0.2, 0.25) is 0 Å². The van der Waals surface area contributed by atoms with Crippen LogP contribution in [0.5, 0.6) is 0 Å². The monoisotopic (exact) mass is 403 g/mol. The van der Waals surface area contributed by atoms with Crippen molar-refractivity contribution in [1.29, 1.82) is 0 Å². The van der Waals surface area contributed by atoms with Crippen LogP contribution in [0, 0.1) is 13.8 Å². The molecule has 1 aromatic carbocycles. The fourth-order valence-electron chi connectivity index (χ4n) is 3.39. The highest BCUT2D eigenvalue weighted by Gasteiger charge is 2.33. The van der Waals surface area contributed by atoms with Crippen molar-refractivity contribution in [2.24, 2.45) is 0 Å². The number of hydrogen-bond donors (Lipinski definition) is 0. The molecule has 0 bridgehead atoms. The molecule has 9 heteroatoms. The molecule has 8 nitrogen and oxygen atoms in total. The Kier molecular flexibility index (Phi) is 6.66. The van der Waals surface area contributed by atoms with E-state index >= 15 is 0 Å². The fraction of sp³-hybridized carbons (Fsp3) is 0.526. The first-order chi connectivity index (χ1) is 13.5. The van der Waals surface area contributed by atoms with Gasteiger partial charge in [-0.15, -0.1) is 5.10 Å². The van der Waals surface area contributed by atoms with Crippen molar-refractivity contribution in [1.82, 2.24) is 25.1 Å². The van der Waals surface area contributed by atoms with Crippen molar-refractivity contribution in [2.75, 3.05) is 18.9 Å². The van der Waals surface area contributed by atoms with Gasteiger partial charge in [0.1, 0.15) is 6.04 Å². The maximum atomic E-state index is 12.8. The number of piperidine rings is 1. The molecule has 150 valence electrons. The Morgan fingerprint density at radius 1 is 1.29 bits per heavy atom. The lowest BCUT2D eigenvalue weighted by molar-refractivity contribution is -0.155. The number of amides is 1. The van der Waals surface area contributed by atoms with E-state index in [2.05, 4.69) is 21.6 Å². The lowest BCUT2D eigenvalue weighted by atomic mass is 10.0. The molecular formula is C19H25N5O3S. The molecule has 2 heterocycles. The van der Waals surface area contributed by atoms with Gasteiger partial charge in [0.25, 0.3) is 0 Å². The van der Waals surface area contributed by atoms with Crippen molar-refractivity contribution in [3.63, 3.8) is 0 Å². The van der Waals surface area contributed by atoms with Crippen LogP contribution in [0.25, 0.3) is 5.69 Å². The van der Waals surface area contributed by atoms with Gasteiger partial charge in [0, 0.05) is 6.54 Å². The number of rotatable bonds is 6. The standard InChI is InChI=1S/C19H25N5O3S/c1-4-27-18(26)16-7-5-6-10-23(16)17(25)12-28-19-20-21-22-24(19)15-9-8-13(2)11-14(15)3/h8-9,11,16H,4-7,10,12H2,1-3H3/t16-/m1/s1. The molecule has 0 N–H and O–H groups in total. The number of esters is 1. The molecule has 28 heavy (non-hydrogen) atoms. The summed E-state index contributed by atoms with van der Waals surface area (Å²) in [4.78, 5) is 26.6. The van der Waals surface area contributed by atoms with Crippen LogP contribution in [0.4, 0.5) is 0 Å². The number of thioether (sulfide) groups is 1. The molecule has 2 aromatic rings. The second-order valence-corrected chi connectivity index (χ2v) is 7.75. The third kappa shape index (κ3) is 4.52. The van der Waals surface area contributed by atoms with Crippen LogP contribution in [0.3, 0.4) is 0 Å². The van der Waals surface area contributed by atoms with Gasteiger partial charge in [-0.3, -0.25) is 4.79 Å². The lowest BCUT2D eigenvalue weighted by Crippen LogP contribution is -2.49. The minimum Gasteiger partial charge on any atom is -0.464 e. The van der Waals surface area contributed by atoms with Crippen molar-refractivity contribution < 1.29 is 14.3 Å². The van der Waals surface area contributed by atoms with E-state index in [0.29, 0.717) is 24.7 Å². The van der Waals surface area contributed by atoms with Crippen LogP contribution >= 0.6 is 11.8 Å². The van der Waals surface area contributed by atoms with Gasteiger partial charge in [0.15, 0.2) is 0 Å². The minimum atomic E-state index is -0.489. The first-order valence-electron chi connectivity index (χ1n) is 9.46. The largest absolute Gasteiger partial charge is 0.464 e. The Labute approximate surface area is 168 Å². The number of tetrazole rings is 1. The summed E-state index contributed by atoms with van der Waals surface area (Å²) in [5.41, 5.74) is 3.10. The number of likely N-dealkylation sites (tertiary alicyclic amines) is 1. The molecule has 0 spiro atoms. The van der Waals surface area contributed by atoms with Crippen molar-refractivity contribution >= 4 is 23.6 Å². The summed E-state index contributed by atoms with van der Waals surface area (Å²) < 4.78 is 6.78. The fourth-order valence-corrected chi connectivity index (χ4v) is 4.16. The number of benzene rings is 1. The summed E-state index contributed by atoms with van der Waals surface area (Å²) >= 11 is 1.27. The SMILES string of the molecule is CCOC(=O)[C@H]1CCCCN1C(=O)CSc1nnnn1-c1ccc(C)cc1C. The predicted molar refractivity (Wildman–Crippen MR) is 105 cm³/mol. The van der Waals surface area contributed by atoms with Gasteiger partial charge in [-0.2, -0.15) is 4.68 Å². The molecule has 0 unspecified atom stereocenters. The first kappa shape index (κ1) is 20.3. The first-order valence-corrected chi connectivity index (χ1v) is 10.4. The van der Waals surface area contributed by atoms with E-state index in [9.17, 15) is 9.59 Å². The van der Waals surface area contributed by atoms with E-state index < -0.39 is 6.04 Å². The number of nitrogens with zero attached hydrogens (tertiary/aromatic N) is 5. The predicted octanol–water partition coefficient (Wildman–Crippen LogP) is 2.32. The van der Waals surface area contributed by atoms with E-state index in [-0.39, 0.29) is 17.6 Å². The summed E-state index contributed by atoms with van der Waals surface area (Å²) in [5, 5.41) is 12.4. The molecule has 1 aromatic heterocycles. The molecule has 0 radical (unpaired) electrons. The molecule has 1 aliphatic rings. The van der Waals surface area contributed by atoms with Gasteiger partial charge in [0.2, 0.25) is 11.1 Å². The second kappa shape index (κ2) is 9.18. The molecule has 0 saturated carbocycles. The maximum Gasteiger partial charge on any atom is 0.328 e. The van der Waals surface area contributed by atoms with E-state index in [4.69, 9.17) is 4.74 Å². The molecular weight excluding hydrogens is 378 g/mol. The van der Waals surface area contributed by atoms with E-state index in [1.165, 1.54) is 11.8 Å². The summed E-state index contributed by atoms with van der Waals surface area (Å²) in [7, 11) is 0. The van der Waals surface area contributed by atoms with Gasteiger partial charge in [-0.25, -0.2) is 4.79 Å². The molecule has 0 aliphatic carbocycles. The molecule has 1 amide bonds. The van der Waals surface area contributed by atoms with Gasteiger partial charge < -0.3 is 9.64 Å². The van der Waals surface area contributed by atoms with Crippen LogP contribution in [0.1, 0.15) is 37.3 Å². The van der Waals surface area contributed by atoms with E-state index in [1.54, 1.807) is 16.5 Å². The summed E-state index contributed by atoms with van der Waals surface area (Å²) in [5.74, 6) is -0.250. The molecule has 1 fully saturated rings. The highest BCUT2D eigenvalue weighted by molar-refractivity contribution is 7.99. The van der Waals surface area contributed by atoms with Gasteiger partial charge in [-0.05, 0) is 62.1 Å². The zero-order valence-corrected chi connectivity index (χ0v) is 17.2. The van der Waals surface area contributed by atoms with Crippen LogP contribution in [-0.4, -0.2) is 61.9 Å². The topological polar surface area (TPSA) is 90.2 Å². The number of aryl methyl sites for hydroxylation is 2.